The van der Waals surface area contributed by atoms with Crippen molar-refractivity contribution in [3.05, 3.63) is 59.8 Å². The molecule has 0 unspecified atom stereocenters. The van der Waals surface area contributed by atoms with Crippen molar-refractivity contribution in [2.45, 2.75) is 0 Å². The summed E-state index contributed by atoms with van der Waals surface area (Å²) in [6, 6.07) is 15.6. The van der Waals surface area contributed by atoms with Gasteiger partial charge < -0.3 is 4.74 Å². The summed E-state index contributed by atoms with van der Waals surface area (Å²) in [5.41, 5.74) is 3.04. The van der Waals surface area contributed by atoms with Crippen molar-refractivity contribution in [3.8, 4) is 11.4 Å². The Bertz CT molecular complexity index is 719. The quantitative estimate of drug-likeness (QED) is 0.527. The average Bonchev–Trinajstić information content (AvgIpc) is 2.92. The van der Waals surface area contributed by atoms with Crippen LogP contribution in [0, 0.1) is 4.91 Å². The smallest absolute Gasteiger partial charge is 0.119 e. The fourth-order valence-corrected chi connectivity index (χ4v) is 2.07. The van der Waals surface area contributed by atoms with E-state index in [1.54, 1.807) is 6.33 Å². The molecule has 0 spiro atoms. The lowest BCUT2D eigenvalue weighted by Crippen LogP contribution is -2.00. The Labute approximate surface area is 115 Å². The highest BCUT2D eigenvalue weighted by atomic mass is 16.5. The van der Waals surface area contributed by atoms with E-state index in [0.29, 0.717) is 6.61 Å². The molecule has 0 aliphatic carbocycles. The second kappa shape index (κ2) is 5.52. The number of imidazole rings is 1. The van der Waals surface area contributed by atoms with E-state index in [0.717, 1.165) is 22.5 Å². The van der Waals surface area contributed by atoms with Gasteiger partial charge >= 0.3 is 0 Å². The zero-order valence-corrected chi connectivity index (χ0v) is 10.8. The van der Waals surface area contributed by atoms with Crippen molar-refractivity contribution in [1.82, 2.24) is 9.55 Å². The fraction of sp³-hybridized carbons (Fsp3) is 0.133. The lowest BCUT2D eigenvalue weighted by molar-refractivity contribution is 0.328. The molecule has 0 atom stereocenters. The lowest BCUT2D eigenvalue weighted by atomic mass is 10.2. The Morgan fingerprint density at radius 1 is 1.10 bits per heavy atom. The third-order valence-corrected chi connectivity index (χ3v) is 3.02. The molecule has 0 amide bonds. The molecular formula is C15H13N3O2. The summed E-state index contributed by atoms with van der Waals surface area (Å²) < 4.78 is 7.41. The van der Waals surface area contributed by atoms with E-state index in [1.807, 2.05) is 53.1 Å². The first-order valence-corrected chi connectivity index (χ1v) is 6.33. The number of benzene rings is 2. The first kappa shape index (κ1) is 12.3. The molecule has 0 aliphatic heterocycles. The van der Waals surface area contributed by atoms with E-state index in [1.165, 1.54) is 0 Å². The van der Waals surface area contributed by atoms with Crippen molar-refractivity contribution < 1.29 is 4.74 Å². The van der Waals surface area contributed by atoms with Gasteiger partial charge in [-0.15, -0.1) is 0 Å². The summed E-state index contributed by atoms with van der Waals surface area (Å²) >= 11 is 0. The van der Waals surface area contributed by atoms with Crippen LogP contribution in [0.2, 0.25) is 0 Å². The molecule has 0 saturated carbocycles. The highest BCUT2D eigenvalue weighted by Gasteiger charge is 2.03. The summed E-state index contributed by atoms with van der Waals surface area (Å²) in [6.45, 7) is 0.463. The largest absolute Gasteiger partial charge is 0.492 e. The van der Waals surface area contributed by atoms with Crippen molar-refractivity contribution >= 4 is 11.0 Å². The van der Waals surface area contributed by atoms with Crippen molar-refractivity contribution in [2.24, 2.45) is 5.18 Å². The maximum Gasteiger partial charge on any atom is 0.119 e. The summed E-state index contributed by atoms with van der Waals surface area (Å²) in [5.74, 6) is 0.724. The lowest BCUT2D eigenvalue weighted by Gasteiger charge is -2.07. The van der Waals surface area contributed by atoms with Crippen LogP contribution in [0.1, 0.15) is 0 Å². The van der Waals surface area contributed by atoms with E-state index in [4.69, 9.17) is 4.74 Å². The van der Waals surface area contributed by atoms with Gasteiger partial charge in [-0.1, -0.05) is 17.3 Å². The number of rotatable bonds is 5. The van der Waals surface area contributed by atoms with Gasteiger partial charge in [-0.05, 0) is 36.4 Å². The Hall–Kier alpha value is -2.69. The molecule has 2 aromatic carbocycles. The Morgan fingerprint density at radius 2 is 1.90 bits per heavy atom. The van der Waals surface area contributed by atoms with Gasteiger partial charge in [0, 0.05) is 5.69 Å². The zero-order chi connectivity index (χ0) is 13.8. The average molecular weight is 267 g/mol. The highest BCUT2D eigenvalue weighted by Crippen LogP contribution is 2.20. The van der Waals surface area contributed by atoms with E-state index >= 15 is 0 Å². The SMILES string of the molecule is O=NCCOc1ccc(-n2cnc3ccccc32)cc1. The molecule has 5 nitrogen and oxygen atoms in total. The van der Waals surface area contributed by atoms with Crippen LogP contribution in [0.5, 0.6) is 5.75 Å². The van der Waals surface area contributed by atoms with E-state index in [9.17, 15) is 4.91 Å². The Morgan fingerprint density at radius 3 is 2.70 bits per heavy atom. The van der Waals surface area contributed by atoms with Crippen LogP contribution < -0.4 is 4.74 Å². The van der Waals surface area contributed by atoms with Gasteiger partial charge in [0.2, 0.25) is 0 Å². The molecule has 1 aromatic heterocycles. The van der Waals surface area contributed by atoms with Gasteiger partial charge in [-0.25, -0.2) is 4.98 Å². The number of hydrogen-bond donors (Lipinski definition) is 0. The molecule has 1 heterocycles. The van der Waals surface area contributed by atoms with Crippen LogP contribution in [-0.2, 0) is 0 Å². The molecule has 0 saturated heterocycles. The molecule has 0 fully saturated rings. The van der Waals surface area contributed by atoms with E-state index in [2.05, 4.69) is 10.2 Å². The zero-order valence-electron chi connectivity index (χ0n) is 10.8. The molecule has 3 rings (SSSR count). The first-order valence-electron chi connectivity index (χ1n) is 6.33. The first-order chi connectivity index (χ1) is 9.88. The highest BCUT2D eigenvalue weighted by molar-refractivity contribution is 5.77. The summed E-state index contributed by atoms with van der Waals surface area (Å²) in [4.78, 5) is 14.4. The van der Waals surface area contributed by atoms with Crippen molar-refractivity contribution in [2.75, 3.05) is 13.2 Å². The molecule has 3 aromatic rings. The summed E-state index contributed by atoms with van der Waals surface area (Å²) in [5, 5.41) is 2.76. The minimum absolute atomic E-state index is 0.161. The van der Waals surface area contributed by atoms with Crippen LogP contribution >= 0.6 is 0 Å². The number of nitroso groups, excluding NO2 is 1. The van der Waals surface area contributed by atoms with Crippen LogP contribution in [-0.4, -0.2) is 22.7 Å². The molecule has 20 heavy (non-hydrogen) atoms. The summed E-state index contributed by atoms with van der Waals surface area (Å²) in [6.07, 6.45) is 1.80. The molecule has 0 bridgehead atoms. The van der Waals surface area contributed by atoms with Gasteiger partial charge in [-0.2, -0.15) is 4.91 Å². The Kier molecular flexibility index (Phi) is 3.41. The maximum atomic E-state index is 9.99. The number of para-hydroxylation sites is 2. The minimum Gasteiger partial charge on any atom is -0.492 e. The van der Waals surface area contributed by atoms with Crippen LogP contribution in [0.4, 0.5) is 0 Å². The van der Waals surface area contributed by atoms with Gasteiger partial charge in [0.15, 0.2) is 0 Å². The number of ether oxygens (including phenoxy) is 1. The molecule has 0 N–H and O–H groups in total. The number of aromatic nitrogens is 2. The normalized spacial score (nSPS) is 10.6. The third kappa shape index (κ3) is 2.38. The number of nitrogens with zero attached hydrogens (tertiary/aromatic N) is 3. The van der Waals surface area contributed by atoms with Crippen LogP contribution in [0.3, 0.4) is 0 Å². The fourth-order valence-electron chi connectivity index (χ4n) is 2.07. The monoisotopic (exact) mass is 267 g/mol. The molecule has 5 heteroatoms. The maximum absolute atomic E-state index is 9.99. The van der Waals surface area contributed by atoms with Gasteiger partial charge in [0.25, 0.3) is 0 Å². The number of hydrogen-bond acceptors (Lipinski definition) is 4. The summed E-state index contributed by atoms with van der Waals surface area (Å²) in [7, 11) is 0. The third-order valence-electron chi connectivity index (χ3n) is 3.02. The molecule has 100 valence electrons. The van der Waals surface area contributed by atoms with Gasteiger partial charge in [0.1, 0.15) is 25.2 Å². The van der Waals surface area contributed by atoms with Gasteiger partial charge in [-0.3, -0.25) is 4.57 Å². The topological polar surface area (TPSA) is 56.5 Å². The molecule has 0 aliphatic rings. The molecule has 0 radical (unpaired) electrons. The second-order valence-corrected chi connectivity index (χ2v) is 4.30. The predicted molar refractivity (Wildman–Crippen MR) is 77.2 cm³/mol. The minimum atomic E-state index is 0.161. The van der Waals surface area contributed by atoms with Crippen LogP contribution in [0.25, 0.3) is 16.7 Å². The van der Waals surface area contributed by atoms with Gasteiger partial charge in [0.05, 0.1) is 11.0 Å². The second-order valence-electron chi connectivity index (χ2n) is 4.30. The van der Waals surface area contributed by atoms with E-state index < -0.39 is 0 Å². The standard InChI is InChI=1S/C15H13N3O2/c19-17-9-10-20-13-7-5-12(6-8-13)18-11-16-14-3-1-2-4-15(14)18/h1-8,11H,9-10H2. The van der Waals surface area contributed by atoms with Crippen LogP contribution in [0.15, 0.2) is 60.0 Å². The Balaban J connectivity index is 1.85. The predicted octanol–water partition coefficient (Wildman–Crippen LogP) is 3.17. The van der Waals surface area contributed by atoms with E-state index in [-0.39, 0.29) is 6.54 Å². The number of fused-ring (bicyclic) bond motifs is 1. The van der Waals surface area contributed by atoms with Crippen molar-refractivity contribution in [3.63, 3.8) is 0 Å². The molecular weight excluding hydrogens is 254 g/mol. The van der Waals surface area contributed by atoms with Crippen molar-refractivity contribution in [1.29, 1.82) is 0 Å².